The molecule has 0 bridgehead atoms. The van der Waals surface area contributed by atoms with E-state index < -0.39 is 0 Å². The Morgan fingerprint density at radius 1 is 1.10 bits per heavy atom. The number of ether oxygens (including phenoxy) is 1. The summed E-state index contributed by atoms with van der Waals surface area (Å²) in [5, 5.41) is 19.4. The second-order valence-electron chi connectivity index (χ2n) is 10.8. The van der Waals surface area contributed by atoms with Gasteiger partial charge in [0.2, 0.25) is 0 Å². The molecule has 3 aromatic rings. The first-order valence-electron chi connectivity index (χ1n) is 13.5. The molecule has 1 saturated carbocycles. The van der Waals surface area contributed by atoms with Crippen LogP contribution in [-0.2, 0) is 11.8 Å². The predicted octanol–water partition coefficient (Wildman–Crippen LogP) is 4.41. The van der Waals surface area contributed by atoms with Gasteiger partial charge < -0.3 is 19.1 Å². The van der Waals surface area contributed by atoms with E-state index >= 15 is 0 Å². The van der Waals surface area contributed by atoms with Crippen LogP contribution in [-0.4, -0.2) is 48.4 Å². The second kappa shape index (κ2) is 11.0. The summed E-state index contributed by atoms with van der Waals surface area (Å²) < 4.78 is 21.0. The zero-order valence-electron chi connectivity index (χ0n) is 22.7. The van der Waals surface area contributed by atoms with E-state index in [1.54, 1.807) is 25.2 Å². The Labute approximate surface area is 227 Å². The van der Waals surface area contributed by atoms with E-state index in [9.17, 15) is 19.7 Å². The minimum atomic E-state index is -0.371. The van der Waals surface area contributed by atoms with E-state index in [-0.39, 0.29) is 28.7 Å². The van der Waals surface area contributed by atoms with Gasteiger partial charge in [0.1, 0.15) is 34.7 Å². The number of anilines is 2. The Balaban J connectivity index is 1.43. The van der Waals surface area contributed by atoms with Gasteiger partial charge in [-0.1, -0.05) is 0 Å². The van der Waals surface area contributed by atoms with Crippen molar-refractivity contribution < 1.29 is 9.13 Å². The largest absolute Gasteiger partial charge is 0.381 e. The molecule has 8 nitrogen and oxygen atoms in total. The zero-order chi connectivity index (χ0) is 27.7. The summed E-state index contributed by atoms with van der Waals surface area (Å²) in [5.41, 5.74) is 3.48. The molecule has 202 valence electrons. The lowest BCUT2D eigenvalue weighted by Crippen LogP contribution is -2.45. The number of rotatable bonds is 6. The Kier molecular flexibility index (Phi) is 7.54. The van der Waals surface area contributed by atoms with Crippen molar-refractivity contribution in [1.29, 1.82) is 10.5 Å². The molecule has 1 aliphatic carbocycles. The molecule has 0 amide bonds. The van der Waals surface area contributed by atoms with Crippen LogP contribution in [0.15, 0.2) is 35.1 Å². The van der Waals surface area contributed by atoms with Crippen LogP contribution in [0, 0.1) is 41.3 Å². The van der Waals surface area contributed by atoms with E-state index in [1.807, 2.05) is 24.9 Å². The van der Waals surface area contributed by atoms with Gasteiger partial charge in [0.15, 0.2) is 0 Å². The van der Waals surface area contributed by atoms with Gasteiger partial charge in [-0.3, -0.25) is 4.79 Å². The smallest absolute Gasteiger partial charge is 0.270 e. The molecule has 0 unspecified atom stereocenters. The van der Waals surface area contributed by atoms with Crippen LogP contribution in [0.4, 0.5) is 15.8 Å². The fraction of sp³-hybridized carbons (Fsp3) is 0.467. The average molecular weight is 529 g/mol. The number of pyridine rings is 2. The Hall–Kier alpha value is -3.95. The van der Waals surface area contributed by atoms with Crippen LogP contribution < -0.4 is 15.4 Å². The molecule has 1 atom stereocenters. The molecule has 3 heterocycles. The van der Waals surface area contributed by atoms with Gasteiger partial charge in [-0.15, -0.1) is 0 Å². The maximum Gasteiger partial charge on any atom is 0.270 e. The normalized spacial score (nSPS) is 20.9. The minimum absolute atomic E-state index is 0.0435. The number of nitrogens with zero attached hydrogens (tertiary/aromatic N) is 6. The molecule has 2 fully saturated rings. The van der Waals surface area contributed by atoms with Crippen molar-refractivity contribution in [3.05, 3.63) is 63.3 Å². The number of benzene rings is 1. The predicted molar refractivity (Wildman–Crippen MR) is 148 cm³/mol. The lowest BCUT2D eigenvalue weighted by atomic mass is 9.87. The van der Waals surface area contributed by atoms with Crippen LogP contribution in [0.25, 0.3) is 11.0 Å². The van der Waals surface area contributed by atoms with Crippen LogP contribution in [0.5, 0.6) is 0 Å². The average Bonchev–Trinajstić information content (AvgIpc) is 3.46. The van der Waals surface area contributed by atoms with E-state index in [0.29, 0.717) is 28.7 Å². The summed E-state index contributed by atoms with van der Waals surface area (Å²) in [7, 11) is 3.54. The molecule has 9 heteroatoms. The van der Waals surface area contributed by atoms with Gasteiger partial charge in [0, 0.05) is 50.9 Å². The summed E-state index contributed by atoms with van der Waals surface area (Å²) in [6.45, 7) is 4.37. The van der Waals surface area contributed by atoms with Crippen LogP contribution in [0.1, 0.15) is 48.9 Å². The van der Waals surface area contributed by atoms with Gasteiger partial charge in [-0.25, -0.2) is 9.37 Å². The van der Waals surface area contributed by atoms with Crippen molar-refractivity contribution >= 4 is 22.4 Å². The Morgan fingerprint density at radius 2 is 1.85 bits per heavy atom. The number of halogens is 1. The van der Waals surface area contributed by atoms with Crippen LogP contribution in [0.3, 0.4) is 0 Å². The van der Waals surface area contributed by atoms with Gasteiger partial charge in [-0.2, -0.15) is 10.5 Å². The molecule has 2 aliphatic rings. The zero-order valence-corrected chi connectivity index (χ0v) is 22.7. The van der Waals surface area contributed by atoms with E-state index in [4.69, 9.17) is 4.74 Å². The highest BCUT2D eigenvalue weighted by Gasteiger charge is 2.33. The highest BCUT2D eigenvalue weighted by Crippen LogP contribution is 2.36. The minimum Gasteiger partial charge on any atom is -0.381 e. The third-order valence-electron chi connectivity index (χ3n) is 8.40. The first-order chi connectivity index (χ1) is 18.8. The number of fused-ring (bicyclic) bond motifs is 1. The lowest BCUT2D eigenvalue weighted by Gasteiger charge is -2.42. The standard InChI is InChI=1S/C30H33FN6O2/c1-19-14-21(31)4-10-26(19)37(17-20-12-13-39-18-20)24-8-6-23(7-9-24)35(2)29-25(16-33)30(38)36(3)27-11-5-22(15-32)34-28(27)29/h4-5,10-11,14,20,23-24H,6-9,12-13,17-18H2,1-3H3/t20-,23-,24-/m0/s1. The molecule has 5 rings (SSSR count). The van der Waals surface area contributed by atoms with Crippen molar-refractivity contribution in [2.24, 2.45) is 13.0 Å². The van der Waals surface area contributed by atoms with Gasteiger partial charge in [-0.05, 0) is 74.9 Å². The molecule has 0 N–H and O–H groups in total. The molecule has 0 spiro atoms. The first-order valence-corrected chi connectivity index (χ1v) is 13.5. The number of nitriles is 2. The van der Waals surface area contributed by atoms with E-state index in [1.165, 1.54) is 10.6 Å². The maximum atomic E-state index is 13.9. The molecule has 0 radical (unpaired) electrons. The highest BCUT2D eigenvalue weighted by atomic mass is 19.1. The molecular weight excluding hydrogens is 495 g/mol. The van der Waals surface area contributed by atoms with E-state index in [2.05, 4.69) is 22.0 Å². The lowest BCUT2D eigenvalue weighted by molar-refractivity contribution is 0.185. The quantitative estimate of drug-likeness (QED) is 0.467. The topological polar surface area (TPSA) is 98.2 Å². The first kappa shape index (κ1) is 26.6. The van der Waals surface area contributed by atoms with E-state index in [0.717, 1.165) is 63.1 Å². The Bertz CT molecular complexity index is 1520. The van der Waals surface area contributed by atoms with Gasteiger partial charge >= 0.3 is 0 Å². The summed E-state index contributed by atoms with van der Waals surface area (Å²) >= 11 is 0. The van der Waals surface area contributed by atoms with Crippen molar-refractivity contribution in [2.45, 2.75) is 51.1 Å². The van der Waals surface area contributed by atoms with Crippen molar-refractivity contribution in [3.63, 3.8) is 0 Å². The fourth-order valence-electron chi connectivity index (χ4n) is 6.23. The molecule has 2 aromatic heterocycles. The molecular formula is C30H33FN6O2. The second-order valence-corrected chi connectivity index (χ2v) is 10.8. The number of aryl methyl sites for hydroxylation is 2. The van der Waals surface area contributed by atoms with Crippen LogP contribution in [0.2, 0.25) is 0 Å². The number of aromatic nitrogens is 2. The molecule has 1 saturated heterocycles. The van der Waals surface area contributed by atoms with Gasteiger partial charge in [0.25, 0.3) is 5.56 Å². The highest BCUT2D eigenvalue weighted by molar-refractivity contribution is 5.92. The summed E-state index contributed by atoms with van der Waals surface area (Å²) in [6, 6.07) is 12.9. The fourth-order valence-corrected chi connectivity index (χ4v) is 6.23. The number of hydrogen-bond acceptors (Lipinski definition) is 7. The van der Waals surface area contributed by atoms with Crippen molar-refractivity contribution in [1.82, 2.24) is 9.55 Å². The third-order valence-corrected chi connectivity index (χ3v) is 8.40. The molecule has 1 aliphatic heterocycles. The van der Waals surface area contributed by atoms with Crippen molar-refractivity contribution in [2.75, 3.05) is 36.6 Å². The monoisotopic (exact) mass is 528 g/mol. The SMILES string of the molecule is Cc1cc(F)ccc1N(C[C@@H]1CCOC1)[C@H]1CC[C@H](N(C)c2c(C#N)c(=O)n(C)c3ccc(C#N)nc23)CC1. The molecule has 1 aromatic carbocycles. The third kappa shape index (κ3) is 5.07. The van der Waals surface area contributed by atoms with Crippen LogP contribution >= 0.6 is 0 Å². The summed E-state index contributed by atoms with van der Waals surface area (Å²) in [5.74, 6) is 0.216. The molecule has 39 heavy (non-hydrogen) atoms. The number of hydrogen-bond donors (Lipinski definition) is 0. The summed E-state index contributed by atoms with van der Waals surface area (Å²) in [6.07, 6.45) is 4.58. The maximum absolute atomic E-state index is 13.9. The van der Waals surface area contributed by atoms with Crippen molar-refractivity contribution in [3.8, 4) is 12.1 Å². The Morgan fingerprint density at radius 3 is 2.49 bits per heavy atom. The van der Waals surface area contributed by atoms with Gasteiger partial charge in [0.05, 0.1) is 17.8 Å². The summed E-state index contributed by atoms with van der Waals surface area (Å²) in [4.78, 5) is 22.0.